The molecule has 1 heterocycles. The van der Waals surface area contributed by atoms with E-state index in [1.54, 1.807) is 6.07 Å². The van der Waals surface area contributed by atoms with E-state index in [4.69, 9.17) is 4.74 Å². The van der Waals surface area contributed by atoms with Crippen LogP contribution in [0.15, 0.2) is 6.07 Å². The summed E-state index contributed by atoms with van der Waals surface area (Å²) in [7, 11) is 0. The molecule has 0 bridgehead atoms. The molecule has 0 spiro atoms. The van der Waals surface area contributed by atoms with Crippen LogP contribution in [0.3, 0.4) is 0 Å². The number of hydrogen-bond acceptors (Lipinski definition) is 4. The molecule has 25 heavy (non-hydrogen) atoms. The number of carboxylic acids is 1. The first kappa shape index (κ1) is 21.5. The van der Waals surface area contributed by atoms with Crippen molar-refractivity contribution < 1.29 is 19.4 Å². The van der Waals surface area contributed by atoms with Crippen LogP contribution in [0, 0.1) is 0 Å². The van der Waals surface area contributed by atoms with Gasteiger partial charge in [0.15, 0.2) is 0 Å². The van der Waals surface area contributed by atoms with Gasteiger partial charge in [0.05, 0.1) is 12.2 Å². The molecule has 1 aromatic heterocycles. The summed E-state index contributed by atoms with van der Waals surface area (Å²) in [5.74, 6) is -1.02. The molecule has 0 aromatic carbocycles. The molecule has 0 fully saturated rings. The highest BCUT2D eigenvalue weighted by molar-refractivity contribution is 7.16. The Morgan fingerprint density at radius 2 is 1.68 bits per heavy atom. The second-order valence-electron chi connectivity index (χ2n) is 6.25. The molecule has 1 amide bonds. The lowest BCUT2D eigenvalue weighted by molar-refractivity contribution is 0.0698. The van der Waals surface area contributed by atoms with Crippen molar-refractivity contribution in [3.05, 3.63) is 16.5 Å². The summed E-state index contributed by atoms with van der Waals surface area (Å²) >= 11 is 1.33. The van der Waals surface area contributed by atoms with Crippen LogP contribution in [0.1, 0.15) is 86.9 Å². The number of aryl methyl sites for hydroxylation is 1. The van der Waals surface area contributed by atoms with Gasteiger partial charge in [-0.05, 0) is 25.3 Å². The zero-order chi connectivity index (χ0) is 18.5. The molecular formula is C19H31NO4S. The van der Waals surface area contributed by atoms with Crippen molar-refractivity contribution in [2.24, 2.45) is 0 Å². The number of ether oxygens (including phenoxy) is 1. The van der Waals surface area contributed by atoms with Gasteiger partial charge in [0.25, 0.3) is 0 Å². The van der Waals surface area contributed by atoms with Crippen molar-refractivity contribution in [1.29, 1.82) is 0 Å². The number of aromatic carboxylic acids is 1. The quantitative estimate of drug-likeness (QED) is 0.413. The van der Waals surface area contributed by atoms with Gasteiger partial charge in [0.2, 0.25) is 0 Å². The molecule has 142 valence electrons. The number of hydrogen-bond donors (Lipinski definition) is 2. The Kier molecular flexibility index (Phi) is 11.0. The number of carboxylic acid groups (broad SMARTS) is 1. The Morgan fingerprint density at radius 3 is 2.28 bits per heavy atom. The maximum absolute atomic E-state index is 11.6. The predicted molar refractivity (Wildman–Crippen MR) is 103 cm³/mol. The first-order valence-electron chi connectivity index (χ1n) is 9.38. The Balaban J connectivity index is 2.40. The van der Waals surface area contributed by atoms with E-state index in [1.165, 1.54) is 49.9 Å². The van der Waals surface area contributed by atoms with Gasteiger partial charge in [-0.25, -0.2) is 9.59 Å². The van der Waals surface area contributed by atoms with E-state index in [-0.39, 0.29) is 5.56 Å². The lowest BCUT2D eigenvalue weighted by Gasteiger charge is -2.04. The van der Waals surface area contributed by atoms with Gasteiger partial charge in [-0.3, -0.25) is 5.32 Å². The summed E-state index contributed by atoms with van der Waals surface area (Å²) in [6.45, 7) is 4.45. The van der Waals surface area contributed by atoms with Gasteiger partial charge in [-0.1, -0.05) is 58.8 Å². The third-order valence-corrected chi connectivity index (χ3v) is 5.05. The summed E-state index contributed by atoms with van der Waals surface area (Å²) in [4.78, 5) is 24.0. The lowest BCUT2D eigenvalue weighted by Crippen LogP contribution is -2.15. The fourth-order valence-corrected chi connectivity index (χ4v) is 3.65. The number of nitrogens with one attached hydrogen (secondary N) is 1. The number of rotatable bonds is 13. The van der Waals surface area contributed by atoms with E-state index in [2.05, 4.69) is 12.2 Å². The molecule has 1 rings (SSSR count). The standard InChI is InChI=1S/C19H31NO4S/c1-3-5-6-7-8-9-10-11-12-15-14-16(18(21)22)17(25-15)20-19(23)24-13-4-2/h14H,3-13H2,1-2H3,(H,20,23)(H,21,22). The van der Waals surface area contributed by atoms with Crippen LogP contribution in [0.4, 0.5) is 9.80 Å². The molecule has 0 aliphatic rings. The molecule has 1 aromatic rings. The lowest BCUT2D eigenvalue weighted by atomic mass is 10.1. The predicted octanol–water partition coefficient (Wildman–Crippen LogP) is 6.09. The van der Waals surface area contributed by atoms with Crippen molar-refractivity contribution in [1.82, 2.24) is 0 Å². The van der Waals surface area contributed by atoms with Crippen LogP contribution in [-0.4, -0.2) is 23.8 Å². The first-order valence-corrected chi connectivity index (χ1v) is 10.2. The number of anilines is 1. The maximum atomic E-state index is 11.6. The van der Waals surface area contributed by atoms with Gasteiger partial charge in [0, 0.05) is 4.88 Å². The van der Waals surface area contributed by atoms with Gasteiger partial charge >= 0.3 is 12.1 Å². The summed E-state index contributed by atoms with van der Waals surface area (Å²) in [5.41, 5.74) is 0.146. The zero-order valence-electron chi connectivity index (χ0n) is 15.4. The Bertz CT molecular complexity index is 527. The second-order valence-corrected chi connectivity index (χ2v) is 7.38. The zero-order valence-corrected chi connectivity index (χ0v) is 16.3. The van der Waals surface area contributed by atoms with E-state index in [9.17, 15) is 14.7 Å². The van der Waals surface area contributed by atoms with E-state index < -0.39 is 12.1 Å². The molecule has 6 heteroatoms. The highest BCUT2D eigenvalue weighted by Crippen LogP contribution is 2.29. The number of unbranched alkanes of at least 4 members (excludes halogenated alkanes) is 7. The molecule has 0 aliphatic carbocycles. The molecule has 0 aliphatic heterocycles. The van der Waals surface area contributed by atoms with Crippen molar-refractivity contribution in [2.75, 3.05) is 11.9 Å². The van der Waals surface area contributed by atoms with E-state index >= 15 is 0 Å². The van der Waals surface area contributed by atoms with Gasteiger partial charge in [-0.2, -0.15) is 0 Å². The van der Waals surface area contributed by atoms with E-state index in [0.717, 1.165) is 30.6 Å². The fourth-order valence-electron chi connectivity index (χ4n) is 2.57. The summed E-state index contributed by atoms with van der Waals surface area (Å²) in [5, 5.41) is 12.2. The van der Waals surface area contributed by atoms with Crippen LogP contribution in [0.5, 0.6) is 0 Å². The van der Waals surface area contributed by atoms with Crippen LogP contribution in [0.25, 0.3) is 0 Å². The molecule has 0 atom stereocenters. The van der Waals surface area contributed by atoms with Crippen molar-refractivity contribution >= 4 is 28.4 Å². The first-order chi connectivity index (χ1) is 12.1. The van der Waals surface area contributed by atoms with Gasteiger partial charge in [-0.15, -0.1) is 11.3 Å². The average molecular weight is 370 g/mol. The van der Waals surface area contributed by atoms with Gasteiger partial charge in [0.1, 0.15) is 5.00 Å². The van der Waals surface area contributed by atoms with Crippen molar-refractivity contribution in [3.63, 3.8) is 0 Å². The third kappa shape index (κ3) is 8.91. The summed E-state index contributed by atoms with van der Waals surface area (Å²) in [6, 6.07) is 1.67. The van der Waals surface area contributed by atoms with Crippen LogP contribution >= 0.6 is 11.3 Å². The number of carbonyl (C=O) groups excluding carboxylic acids is 1. The molecule has 2 N–H and O–H groups in total. The topological polar surface area (TPSA) is 75.6 Å². The second kappa shape index (κ2) is 12.8. The Morgan fingerprint density at radius 1 is 1.04 bits per heavy atom. The van der Waals surface area contributed by atoms with Gasteiger partial charge < -0.3 is 9.84 Å². The summed E-state index contributed by atoms with van der Waals surface area (Å²) < 4.78 is 4.96. The smallest absolute Gasteiger partial charge is 0.412 e. The highest BCUT2D eigenvalue weighted by atomic mass is 32.1. The third-order valence-electron chi connectivity index (χ3n) is 3.94. The Labute approximate surface area is 154 Å². The fraction of sp³-hybridized carbons (Fsp3) is 0.684. The van der Waals surface area contributed by atoms with Crippen molar-refractivity contribution in [2.45, 2.75) is 78.1 Å². The molecule has 0 radical (unpaired) electrons. The Hall–Kier alpha value is -1.56. The van der Waals surface area contributed by atoms with Crippen LogP contribution in [0.2, 0.25) is 0 Å². The van der Waals surface area contributed by atoms with E-state index in [1.807, 2.05) is 6.92 Å². The minimum atomic E-state index is -1.02. The number of amides is 1. The molecular weight excluding hydrogens is 338 g/mol. The molecule has 0 saturated heterocycles. The SMILES string of the molecule is CCCCCCCCCCc1cc(C(=O)O)c(NC(=O)OCCC)s1. The average Bonchev–Trinajstić information content (AvgIpc) is 2.98. The molecule has 0 unspecified atom stereocenters. The molecule has 0 saturated carbocycles. The molecule has 5 nitrogen and oxygen atoms in total. The van der Waals surface area contributed by atoms with Crippen LogP contribution in [-0.2, 0) is 11.2 Å². The number of thiophene rings is 1. The highest BCUT2D eigenvalue weighted by Gasteiger charge is 2.17. The normalized spacial score (nSPS) is 10.6. The summed E-state index contributed by atoms with van der Waals surface area (Å²) in [6.07, 6.45) is 10.9. The van der Waals surface area contributed by atoms with Crippen molar-refractivity contribution in [3.8, 4) is 0 Å². The minimum Gasteiger partial charge on any atom is -0.478 e. The minimum absolute atomic E-state index is 0.146. The largest absolute Gasteiger partial charge is 0.478 e. The monoisotopic (exact) mass is 369 g/mol. The number of carbonyl (C=O) groups is 2. The van der Waals surface area contributed by atoms with E-state index in [0.29, 0.717) is 11.6 Å². The maximum Gasteiger partial charge on any atom is 0.412 e. The van der Waals surface area contributed by atoms with Crippen LogP contribution < -0.4 is 5.32 Å².